The van der Waals surface area contributed by atoms with Crippen LogP contribution < -0.4 is 10.5 Å². The van der Waals surface area contributed by atoms with Crippen LogP contribution in [0, 0.1) is 11.9 Å². The summed E-state index contributed by atoms with van der Waals surface area (Å²) in [4.78, 5) is 15.3. The van der Waals surface area contributed by atoms with Gasteiger partial charge in [0.25, 0.3) is 0 Å². The zero-order valence-electron chi connectivity index (χ0n) is 12.8. The Morgan fingerprint density at radius 2 is 2.00 bits per heavy atom. The fourth-order valence-corrected chi connectivity index (χ4v) is 2.46. The lowest BCUT2D eigenvalue weighted by Gasteiger charge is -2.14. The molecular weight excluding hydrogens is 330 g/mol. The molecule has 0 aromatic carbocycles. The number of anilines is 1. The van der Waals surface area contributed by atoms with Crippen molar-refractivity contribution in [3.05, 3.63) is 16.0 Å². The highest BCUT2D eigenvalue weighted by Gasteiger charge is 2.19. The van der Waals surface area contributed by atoms with Gasteiger partial charge in [-0.2, -0.15) is 9.37 Å². The van der Waals surface area contributed by atoms with Crippen molar-refractivity contribution >= 4 is 34.9 Å². The third-order valence-electron chi connectivity index (χ3n) is 3.55. The van der Waals surface area contributed by atoms with Crippen LogP contribution in [0.4, 0.5) is 10.1 Å². The van der Waals surface area contributed by atoms with Crippen LogP contribution in [0.5, 0.6) is 5.88 Å². The van der Waals surface area contributed by atoms with Crippen molar-refractivity contribution < 1.29 is 13.9 Å². The number of ether oxygens (including phenoxy) is 1. The van der Waals surface area contributed by atoms with Crippen LogP contribution in [-0.2, 0) is 4.79 Å². The second-order valence-corrected chi connectivity index (χ2v) is 5.93. The standard InChI is InChI=1S/C15H21Cl2FN2O2/c1-3-5-6-9(4-2)7-8-10(21)22-15-12(17)13(19)11(16)14(18)20-15/h9H,3-8H2,1-2H3,(H2,19,20). The Labute approximate surface area is 140 Å². The number of halogens is 3. The molecular formula is C15H21Cl2FN2O2. The summed E-state index contributed by atoms with van der Waals surface area (Å²) < 4.78 is 18.4. The minimum Gasteiger partial charge on any atom is -0.406 e. The zero-order chi connectivity index (χ0) is 16.7. The Kier molecular flexibility index (Phi) is 7.90. The molecule has 0 fully saturated rings. The molecule has 1 aromatic heterocycles. The number of aromatic nitrogens is 1. The van der Waals surface area contributed by atoms with E-state index in [0.717, 1.165) is 32.1 Å². The molecule has 0 aliphatic heterocycles. The molecule has 1 rings (SSSR count). The van der Waals surface area contributed by atoms with Crippen LogP contribution in [0.3, 0.4) is 0 Å². The summed E-state index contributed by atoms with van der Waals surface area (Å²) in [5, 5.41) is -0.534. The molecule has 2 N–H and O–H groups in total. The molecule has 0 bridgehead atoms. The van der Waals surface area contributed by atoms with Gasteiger partial charge in [0.15, 0.2) is 0 Å². The average Bonchev–Trinajstić information content (AvgIpc) is 2.50. The van der Waals surface area contributed by atoms with Gasteiger partial charge in [-0.05, 0) is 12.3 Å². The molecule has 0 aliphatic carbocycles. The van der Waals surface area contributed by atoms with Crippen molar-refractivity contribution in [3.63, 3.8) is 0 Å². The summed E-state index contributed by atoms with van der Waals surface area (Å²) in [5.74, 6) is -1.39. The number of hydrogen-bond donors (Lipinski definition) is 1. The van der Waals surface area contributed by atoms with Crippen LogP contribution >= 0.6 is 23.2 Å². The van der Waals surface area contributed by atoms with Gasteiger partial charge in [0.2, 0.25) is 11.8 Å². The molecule has 0 saturated carbocycles. The van der Waals surface area contributed by atoms with Gasteiger partial charge in [-0.15, -0.1) is 0 Å². The largest absolute Gasteiger partial charge is 0.406 e. The van der Waals surface area contributed by atoms with E-state index >= 15 is 0 Å². The van der Waals surface area contributed by atoms with Crippen LogP contribution in [0.15, 0.2) is 0 Å². The highest BCUT2D eigenvalue weighted by Crippen LogP contribution is 2.35. The monoisotopic (exact) mass is 350 g/mol. The molecule has 4 nitrogen and oxygen atoms in total. The van der Waals surface area contributed by atoms with Crippen LogP contribution in [0.2, 0.25) is 10.0 Å². The lowest BCUT2D eigenvalue weighted by Crippen LogP contribution is -2.13. The lowest BCUT2D eigenvalue weighted by atomic mass is 9.94. The molecule has 0 spiro atoms. The van der Waals surface area contributed by atoms with E-state index in [-0.39, 0.29) is 28.0 Å². The normalized spacial score (nSPS) is 12.2. The molecule has 124 valence electrons. The summed E-state index contributed by atoms with van der Waals surface area (Å²) in [6.07, 6.45) is 5.31. The maximum Gasteiger partial charge on any atom is 0.312 e. The number of pyridine rings is 1. The summed E-state index contributed by atoms with van der Waals surface area (Å²) in [7, 11) is 0. The first kappa shape index (κ1) is 19.0. The van der Waals surface area contributed by atoms with Crippen molar-refractivity contribution in [2.45, 2.75) is 52.4 Å². The minimum absolute atomic E-state index is 0.155. The Balaban J connectivity index is 2.62. The molecule has 22 heavy (non-hydrogen) atoms. The molecule has 1 unspecified atom stereocenters. The van der Waals surface area contributed by atoms with E-state index in [4.69, 9.17) is 33.7 Å². The van der Waals surface area contributed by atoms with E-state index in [0.29, 0.717) is 5.92 Å². The second-order valence-electron chi connectivity index (χ2n) is 5.18. The fourth-order valence-electron chi connectivity index (χ4n) is 2.10. The van der Waals surface area contributed by atoms with E-state index in [1.807, 2.05) is 0 Å². The van der Waals surface area contributed by atoms with Gasteiger partial charge in [-0.25, -0.2) is 0 Å². The predicted molar refractivity (Wildman–Crippen MR) is 86.8 cm³/mol. The van der Waals surface area contributed by atoms with Gasteiger partial charge < -0.3 is 10.5 Å². The molecule has 7 heteroatoms. The van der Waals surface area contributed by atoms with E-state index in [1.165, 1.54) is 0 Å². The average molecular weight is 351 g/mol. The maximum atomic E-state index is 13.4. The van der Waals surface area contributed by atoms with Crippen LogP contribution in [0.1, 0.15) is 52.4 Å². The quantitative estimate of drug-likeness (QED) is 0.528. The Morgan fingerprint density at radius 1 is 1.32 bits per heavy atom. The number of esters is 1. The number of carbonyl (C=O) groups excluding carboxylic acids is 1. The summed E-state index contributed by atoms with van der Waals surface area (Å²) >= 11 is 11.4. The Bertz CT molecular complexity index is 527. The lowest BCUT2D eigenvalue weighted by molar-refractivity contribution is -0.135. The second kappa shape index (κ2) is 9.16. The van der Waals surface area contributed by atoms with E-state index < -0.39 is 11.9 Å². The van der Waals surface area contributed by atoms with Gasteiger partial charge in [-0.1, -0.05) is 62.7 Å². The minimum atomic E-state index is -1.01. The smallest absolute Gasteiger partial charge is 0.312 e. The Morgan fingerprint density at radius 3 is 2.59 bits per heavy atom. The first-order valence-corrected chi connectivity index (χ1v) is 8.16. The summed E-state index contributed by atoms with van der Waals surface area (Å²) in [6.45, 7) is 4.23. The number of unbranched alkanes of at least 4 members (excludes halogenated alkanes) is 1. The van der Waals surface area contributed by atoms with Gasteiger partial charge in [0, 0.05) is 6.42 Å². The first-order chi connectivity index (χ1) is 10.4. The SMILES string of the molecule is CCCCC(CC)CCC(=O)Oc1nc(F)c(Cl)c(N)c1Cl. The molecule has 0 aliphatic rings. The predicted octanol–water partition coefficient (Wildman–Crippen LogP) is 5.01. The van der Waals surface area contributed by atoms with Crippen molar-refractivity contribution in [1.29, 1.82) is 0 Å². The molecule has 0 amide bonds. The van der Waals surface area contributed by atoms with Gasteiger partial charge in [0.05, 0.1) is 5.69 Å². The Hall–Kier alpha value is -1.07. The number of nitrogens with zero attached hydrogens (tertiary/aromatic N) is 1. The molecule has 0 radical (unpaired) electrons. The fraction of sp³-hybridized carbons (Fsp3) is 0.600. The summed E-state index contributed by atoms with van der Waals surface area (Å²) in [5.41, 5.74) is 5.34. The van der Waals surface area contributed by atoms with Crippen molar-refractivity contribution in [2.75, 3.05) is 5.73 Å². The van der Waals surface area contributed by atoms with Gasteiger partial charge in [0.1, 0.15) is 10.0 Å². The highest BCUT2D eigenvalue weighted by molar-refractivity contribution is 6.39. The number of carbonyl (C=O) groups is 1. The number of hydrogen-bond acceptors (Lipinski definition) is 4. The van der Waals surface area contributed by atoms with Crippen LogP contribution in [-0.4, -0.2) is 11.0 Å². The topological polar surface area (TPSA) is 65.2 Å². The first-order valence-electron chi connectivity index (χ1n) is 7.41. The van der Waals surface area contributed by atoms with E-state index in [1.54, 1.807) is 0 Å². The maximum absolute atomic E-state index is 13.4. The van der Waals surface area contributed by atoms with E-state index in [2.05, 4.69) is 18.8 Å². The number of rotatable bonds is 8. The summed E-state index contributed by atoms with van der Waals surface area (Å²) in [6, 6.07) is 0. The van der Waals surface area contributed by atoms with Crippen LogP contribution in [0.25, 0.3) is 0 Å². The third-order valence-corrected chi connectivity index (χ3v) is 4.28. The van der Waals surface area contributed by atoms with Gasteiger partial charge >= 0.3 is 5.97 Å². The van der Waals surface area contributed by atoms with E-state index in [9.17, 15) is 9.18 Å². The molecule has 1 heterocycles. The highest BCUT2D eigenvalue weighted by atomic mass is 35.5. The zero-order valence-corrected chi connectivity index (χ0v) is 14.3. The molecule has 0 saturated heterocycles. The number of nitrogens with two attached hydrogens (primary N) is 1. The molecule has 1 aromatic rings. The molecule has 1 atom stereocenters. The van der Waals surface area contributed by atoms with Crippen molar-refractivity contribution in [2.24, 2.45) is 5.92 Å². The van der Waals surface area contributed by atoms with Crippen molar-refractivity contribution in [1.82, 2.24) is 4.98 Å². The van der Waals surface area contributed by atoms with Crippen molar-refractivity contribution in [3.8, 4) is 5.88 Å². The van der Waals surface area contributed by atoms with Gasteiger partial charge in [-0.3, -0.25) is 4.79 Å². The number of nitrogen functional groups attached to an aromatic ring is 1. The third kappa shape index (κ3) is 5.29.